The van der Waals surface area contributed by atoms with Crippen LogP contribution < -0.4 is 4.90 Å². The average molecular weight is 373 g/mol. The summed E-state index contributed by atoms with van der Waals surface area (Å²) in [5.74, 6) is 1.97. The molecule has 2 aliphatic rings. The van der Waals surface area contributed by atoms with Gasteiger partial charge in [-0.2, -0.15) is 0 Å². The van der Waals surface area contributed by atoms with Crippen LogP contribution in [0.5, 0.6) is 0 Å². The molecule has 1 aliphatic carbocycles. The number of carbonyl (C=O) groups is 1. The largest absolute Gasteiger partial charge is 0.345 e. The van der Waals surface area contributed by atoms with Crippen LogP contribution in [0.3, 0.4) is 0 Å². The third-order valence-electron chi connectivity index (χ3n) is 5.47. The third kappa shape index (κ3) is 3.94. The second kappa shape index (κ2) is 7.80. The molecule has 1 saturated heterocycles. The lowest BCUT2D eigenvalue weighted by Crippen LogP contribution is -2.50. The molecule has 0 spiro atoms. The zero-order valence-corrected chi connectivity index (χ0v) is 15.7. The van der Waals surface area contributed by atoms with Crippen molar-refractivity contribution in [1.82, 2.24) is 14.9 Å². The number of hydrogen-bond acceptors (Lipinski definition) is 3. The number of amides is 1. The van der Waals surface area contributed by atoms with Crippen LogP contribution in [0, 0.1) is 5.92 Å². The molecule has 26 heavy (non-hydrogen) atoms. The van der Waals surface area contributed by atoms with Crippen molar-refractivity contribution in [3.8, 4) is 0 Å². The van der Waals surface area contributed by atoms with Crippen molar-refractivity contribution in [3.63, 3.8) is 0 Å². The van der Waals surface area contributed by atoms with Gasteiger partial charge >= 0.3 is 0 Å². The predicted octanol–water partition coefficient (Wildman–Crippen LogP) is 3.64. The molecule has 1 saturated carbocycles. The number of H-pyrrole nitrogens is 1. The summed E-state index contributed by atoms with van der Waals surface area (Å²) in [5, 5.41) is 0.624. The number of para-hydroxylation sites is 1. The molecule has 1 amide bonds. The van der Waals surface area contributed by atoms with E-state index < -0.39 is 0 Å². The molecular formula is C20H25ClN4O. The quantitative estimate of drug-likeness (QED) is 0.871. The van der Waals surface area contributed by atoms with Crippen molar-refractivity contribution >= 4 is 23.2 Å². The molecule has 6 heteroatoms. The molecule has 0 bridgehead atoms. The Hall–Kier alpha value is -1.85. The molecule has 2 aromatic rings. The number of benzene rings is 1. The van der Waals surface area contributed by atoms with Gasteiger partial charge in [-0.05, 0) is 18.1 Å². The maximum absolute atomic E-state index is 12.6. The first-order valence-corrected chi connectivity index (χ1v) is 9.87. The number of piperazine rings is 1. The summed E-state index contributed by atoms with van der Waals surface area (Å²) in [6, 6.07) is 7.53. The van der Waals surface area contributed by atoms with Gasteiger partial charge in [0, 0.05) is 37.9 Å². The second-order valence-corrected chi connectivity index (χ2v) is 7.82. The summed E-state index contributed by atoms with van der Waals surface area (Å²) in [6.45, 7) is 2.63. The molecule has 1 aromatic heterocycles. The number of nitrogens with zero attached hydrogens (tertiary/aromatic N) is 3. The number of halogens is 1. The zero-order valence-electron chi connectivity index (χ0n) is 15.0. The van der Waals surface area contributed by atoms with Gasteiger partial charge in [0.1, 0.15) is 5.82 Å². The molecule has 1 aliphatic heterocycles. The van der Waals surface area contributed by atoms with E-state index in [4.69, 9.17) is 11.6 Å². The third-order valence-corrected chi connectivity index (χ3v) is 5.79. The highest BCUT2D eigenvalue weighted by molar-refractivity contribution is 6.33. The summed E-state index contributed by atoms with van der Waals surface area (Å²) in [4.78, 5) is 24.5. The Morgan fingerprint density at radius 2 is 2.00 bits per heavy atom. The lowest BCUT2D eigenvalue weighted by Gasteiger charge is -2.34. The van der Waals surface area contributed by atoms with Crippen LogP contribution >= 0.6 is 11.6 Å². The molecule has 0 unspecified atom stereocenters. The second-order valence-electron chi connectivity index (χ2n) is 7.42. The molecule has 4 rings (SSSR count). The topological polar surface area (TPSA) is 52.2 Å². The highest BCUT2D eigenvalue weighted by Gasteiger charge is 2.26. The van der Waals surface area contributed by atoms with Crippen molar-refractivity contribution < 1.29 is 4.79 Å². The van der Waals surface area contributed by atoms with Gasteiger partial charge in [0.25, 0.3) is 0 Å². The number of imidazole rings is 1. The smallest absolute Gasteiger partial charge is 0.241 e. The monoisotopic (exact) mass is 372 g/mol. The Bertz CT molecular complexity index is 769. The number of nitrogens with one attached hydrogen (secondary N) is 1. The summed E-state index contributed by atoms with van der Waals surface area (Å²) >= 11 is 6.24. The zero-order chi connectivity index (χ0) is 17.9. The SMILES string of the molecule is O=C1CN(Cc2cnc(CC3CCCC3)[nH]2)CCN1c1ccccc1Cl. The minimum Gasteiger partial charge on any atom is -0.345 e. The molecular weight excluding hydrogens is 348 g/mol. The number of aromatic nitrogens is 2. The minimum atomic E-state index is 0.0926. The van der Waals surface area contributed by atoms with Gasteiger partial charge in [-0.25, -0.2) is 4.98 Å². The average Bonchev–Trinajstić information content (AvgIpc) is 3.29. The van der Waals surface area contributed by atoms with E-state index in [1.54, 1.807) is 4.90 Å². The Morgan fingerprint density at radius 1 is 1.19 bits per heavy atom. The van der Waals surface area contributed by atoms with Crippen LogP contribution in [0.15, 0.2) is 30.5 Å². The Labute approximate surface area is 159 Å². The first-order chi connectivity index (χ1) is 12.7. The number of hydrogen-bond donors (Lipinski definition) is 1. The van der Waals surface area contributed by atoms with Crippen LogP contribution in [0.1, 0.15) is 37.2 Å². The fourth-order valence-electron chi connectivity index (χ4n) is 4.10. The van der Waals surface area contributed by atoms with Crippen LogP contribution in [-0.4, -0.2) is 40.4 Å². The van der Waals surface area contributed by atoms with E-state index in [0.717, 1.165) is 42.6 Å². The molecule has 2 heterocycles. The van der Waals surface area contributed by atoms with Crippen molar-refractivity contribution in [2.45, 2.75) is 38.6 Å². The molecule has 5 nitrogen and oxygen atoms in total. The van der Waals surface area contributed by atoms with Crippen LogP contribution in [-0.2, 0) is 17.8 Å². The van der Waals surface area contributed by atoms with Crippen LogP contribution in [0.4, 0.5) is 5.69 Å². The van der Waals surface area contributed by atoms with Gasteiger partial charge < -0.3 is 9.88 Å². The molecule has 1 aromatic carbocycles. The van der Waals surface area contributed by atoms with Gasteiger partial charge in [-0.15, -0.1) is 0 Å². The first kappa shape index (κ1) is 17.6. The summed E-state index contributed by atoms with van der Waals surface area (Å²) in [6.07, 6.45) is 8.35. The standard InChI is InChI=1S/C20H25ClN4O/c21-17-7-3-4-8-18(17)25-10-9-24(14-20(25)26)13-16-12-22-19(23-16)11-15-5-1-2-6-15/h3-4,7-8,12,15H,1-2,5-6,9-11,13-14H2,(H,22,23). The maximum Gasteiger partial charge on any atom is 0.241 e. The Balaban J connectivity index is 1.34. The van der Waals surface area contributed by atoms with E-state index in [9.17, 15) is 4.79 Å². The van der Waals surface area contributed by atoms with E-state index >= 15 is 0 Å². The molecule has 0 radical (unpaired) electrons. The Morgan fingerprint density at radius 3 is 2.77 bits per heavy atom. The number of carbonyl (C=O) groups excluding carboxylic acids is 1. The molecule has 0 atom stereocenters. The summed E-state index contributed by atoms with van der Waals surface area (Å²) in [7, 11) is 0. The molecule has 2 fully saturated rings. The summed E-state index contributed by atoms with van der Waals surface area (Å²) in [5.41, 5.74) is 1.90. The van der Waals surface area contributed by atoms with Crippen molar-refractivity contribution in [2.24, 2.45) is 5.92 Å². The van der Waals surface area contributed by atoms with Crippen LogP contribution in [0.25, 0.3) is 0 Å². The van der Waals surface area contributed by atoms with Crippen molar-refractivity contribution in [3.05, 3.63) is 47.0 Å². The Kier molecular flexibility index (Phi) is 5.27. The number of aromatic amines is 1. The maximum atomic E-state index is 12.6. The van der Waals surface area contributed by atoms with Gasteiger partial charge in [0.05, 0.1) is 17.3 Å². The van der Waals surface area contributed by atoms with Crippen molar-refractivity contribution in [2.75, 3.05) is 24.5 Å². The predicted molar refractivity (Wildman–Crippen MR) is 103 cm³/mol. The van der Waals surface area contributed by atoms with Gasteiger partial charge in [0.2, 0.25) is 5.91 Å². The fourth-order valence-corrected chi connectivity index (χ4v) is 4.34. The van der Waals surface area contributed by atoms with Crippen LogP contribution in [0.2, 0.25) is 5.02 Å². The summed E-state index contributed by atoms with van der Waals surface area (Å²) < 4.78 is 0. The minimum absolute atomic E-state index is 0.0926. The van der Waals surface area contributed by atoms with E-state index in [2.05, 4.69) is 14.9 Å². The molecule has 1 N–H and O–H groups in total. The lowest BCUT2D eigenvalue weighted by atomic mass is 10.0. The highest BCUT2D eigenvalue weighted by Crippen LogP contribution is 2.28. The first-order valence-electron chi connectivity index (χ1n) is 9.49. The molecule has 138 valence electrons. The highest BCUT2D eigenvalue weighted by atomic mass is 35.5. The number of anilines is 1. The van der Waals surface area contributed by atoms with Gasteiger partial charge in [-0.3, -0.25) is 9.69 Å². The number of rotatable bonds is 5. The van der Waals surface area contributed by atoms with E-state index in [-0.39, 0.29) is 5.91 Å². The van der Waals surface area contributed by atoms with Gasteiger partial charge in [0.15, 0.2) is 0 Å². The van der Waals surface area contributed by atoms with Gasteiger partial charge in [-0.1, -0.05) is 49.4 Å². The van der Waals surface area contributed by atoms with E-state index in [1.165, 1.54) is 25.7 Å². The van der Waals surface area contributed by atoms with E-state index in [1.807, 2.05) is 30.5 Å². The fraction of sp³-hybridized carbons (Fsp3) is 0.500. The van der Waals surface area contributed by atoms with E-state index in [0.29, 0.717) is 18.1 Å². The lowest BCUT2D eigenvalue weighted by molar-refractivity contribution is -0.121. The van der Waals surface area contributed by atoms with Crippen molar-refractivity contribution in [1.29, 1.82) is 0 Å². The normalized spacial score (nSPS) is 19.4.